The minimum atomic E-state index is -4.43. The number of aromatic carboxylic acids is 1. The van der Waals surface area contributed by atoms with Crippen molar-refractivity contribution >= 4 is 23.3 Å². The van der Waals surface area contributed by atoms with E-state index >= 15 is 0 Å². The van der Waals surface area contributed by atoms with Crippen LogP contribution in [-0.2, 0) is 12.7 Å². The van der Waals surface area contributed by atoms with E-state index in [1.54, 1.807) is 35.1 Å². The fraction of sp³-hybridized carbons (Fsp3) is 0.0833. The molecule has 0 saturated heterocycles. The minimum Gasteiger partial charge on any atom is -0.478 e. The van der Waals surface area contributed by atoms with Gasteiger partial charge in [0.25, 0.3) is 0 Å². The summed E-state index contributed by atoms with van der Waals surface area (Å²) in [7, 11) is 0. The van der Waals surface area contributed by atoms with Crippen LogP contribution < -0.4 is 5.32 Å². The van der Waals surface area contributed by atoms with Gasteiger partial charge in [-0.05, 0) is 60.7 Å². The number of rotatable bonds is 6. The van der Waals surface area contributed by atoms with Crippen molar-refractivity contribution in [3.05, 3.63) is 101 Å². The molecule has 0 saturated carbocycles. The molecule has 1 aromatic heterocycles. The summed E-state index contributed by atoms with van der Waals surface area (Å²) in [6.07, 6.45) is -2.67. The largest absolute Gasteiger partial charge is 0.478 e. The third-order valence-corrected chi connectivity index (χ3v) is 5.23. The van der Waals surface area contributed by atoms with Gasteiger partial charge in [-0.1, -0.05) is 23.7 Å². The maximum absolute atomic E-state index is 13.0. The quantitative estimate of drug-likeness (QED) is 0.336. The van der Waals surface area contributed by atoms with Gasteiger partial charge in [0.1, 0.15) is 0 Å². The maximum Gasteiger partial charge on any atom is 0.416 e. The molecule has 0 amide bonds. The summed E-state index contributed by atoms with van der Waals surface area (Å²) in [5.41, 5.74) is 2.60. The Morgan fingerprint density at radius 2 is 1.61 bits per heavy atom. The second kappa shape index (κ2) is 8.99. The van der Waals surface area contributed by atoms with Crippen LogP contribution in [0.15, 0.2) is 79.0 Å². The average molecular weight is 472 g/mol. The lowest BCUT2D eigenvalue weighted by Crippen LogP contribution is -2.04. The summed E-state index contributed by atoms with van der Waals surface area (Å²) in [6.45, 7) is 0.352. The number of carbonyl (C=O) groups is 1. The van der Waals surface area contributed by atoms with Gasteiger partial charge in [-0.2, -0.15) is 18.3 Å². The average Bonchev–Trinajstić information content (AvgIpc) is 3.22. The van der Waals surface area contributed by atoms with Gasteiger partial charge in [0.15, 0.2) is 0 Å². The molecule has 4 aromatic rings. The molecular weight excluding hydrogens is 455 g/mol. The van der Waals surface area contributed by atoms with Crippen LogP contribution in [0.5, 0.6) is 0 Å². The zero-order valence-corrected chi connectivity index (χ0v) is 17.7. The van der Waals surface area contributed by atoms with Crippen LogP contribution in [0.2, 0.25) is 5.02 Å². The van der Waals surface area contributed by atoms with E-state index in [0.29, 0.717) is 28.5 Å². The summed E-state index contributed by atoms with van der Waals surface area (Å²) >= 11 is 5.92. The molecule has 0 aliphatic heterocycles. The summed E-state index contributed by atoms with van der Waals surface area (Å²) in [5, 5.41) is 17.5. The van der Waals surface area contributed by atoms with E-state index in [1.165, 1.54) is 24.3 Å². The first-order valence-electron chi connectivity index (χ1n) is 9.80. The van der Waals surface area contributed by atoms with Crippen LogP contribution in [0.1, 0.15) is 21.5 Å². The molecule has 0 aliphatic carbocycles. The molecule has 0 atom stereocenters. The van der Waals surface area contributed by atoms with Gasteiger partial charge in [0.2, 0.25) is 0 Å². The second-order valence-corrected chi connectivity index (χ2v) is 7.67. The van der Waals surface area contributed by atoms with Crippen molar-refractivity contribution in [1.82, 2.24) is 9.78 Å². The molecule has 0 radical (unpaired) electrons. The lowest BCUT2D eigenvalue weighted by atomic mass is 10.1. The number of aromatic nitrogens is 2. The third kappa shape index (κ3) is 5.18. The number of hydrogen-bond acceptors (Lipinski definition) is 3. The van der Waals surface area contributed by atoms with Gasteiger partial charge in [-0.3, -0.25) is 0 Å². The zero-order chi connectivity index (χ0) is 23.6. The van der Waals surface area contributed by atoms with E-state index in [9.17, 15) is 18.0 Å². The first kappa shape index (κ1) is 22.4. The van der Waals surface area contributed by atoms with E-state index in [2.05, 4.69) is 10.4 Å². The summed E-state index contributed by atoms with van der Waals surface area (Å²) in [5.74, 6) is -1.04. The predicted octanol–water partition coefficient (Wildman–Crippen LogP) is 6.52. The summed E-state index contributed by atoms with van der Waals surface area (Å²) in [6, 6.07) is 18.1. The van der Waals surface area contributed by atoms with Gasteiger partial charge >= 0.3 is 12.1 Å². The Morgan fingerprint density at radius 3 is 2.18 bits per heavy atom. The Labute approximate surface area is 192 Å². The lowest BCUT2D eigenvalue weighted by Gasteiger charge is -2.09. The van der Waals surface area contributed by atoms with E-state index in [1.807, 2.05) is 12.1 Å². The predicted molar refractivity (Wildman–Crippen MR) is 120 cm³/mol. The third-order valence-electron chi connectivity index (χ3n) is 4.98. The molecule has 9 heteroatoms. The smallest absolute Gasteiger partial charge is 0.416 e. The molecule has 0 bridgehead atoms. The number of hydrogen-bond donors (Lipinski definition) is 2. The molecule has 33 heavy (non-hydrogen) atoms. The number of carboxylic acids is 1. The van der Waals surface area contributed by atoms with Crippen molar-refractivity contribution in [3.63, 3.8) is 0 Å². The van der Waals surface area contributed by atoms with E-state index in [4.69, 9.17) is 16.7 Å². The fourth-order valence-corrected chi connectivity index (χ4v) is 3.38. The molecule has 0 spiro atoms. The topological polar surface area (TPSA) is 67.2 Å². The van der Waals surface area contributed by atoms with Crippen molar-refractivity contribution in [2.24, 2.45) is 0 Å². The van der Waals surface area contributed by atoms with Crippen LogP contribution in [0.25, 0.3) is 16.9 Å². The normalized spacial score (nSPS) is 11.4. The summed E-state index contributed by atoms with van der Waals surface area (Å²) < 4.78 is 40.5. The highest BCUT2D eigenvalue weighted by molar-refractivity contribution is 6.30. The molecule has 1 heterocycles. The lowest BCUT2D eigenvalue weighted by molar-refractivity contribution is -0.137. The zero-order valence-electron chi connectivity index (χ0n) is 17.0. The molecule has 4 rings (SSSR count). The Morgan fingerprint density at radius 1 is 0.970 bits per heavy atom. The fourth-order valence-electron chi connectivity index (χ4n) is 3.25. The van der Waals surface area contributed by atoms with Crippen molar-refractivity contribution < 1.29 is 23.1 Å². The van der Waals surface area contributed by atoms with Crippen LogP contribution in [-0.4, -0.2) is 20.9 Å². The molecule has 2 N–H and O–H groups in total. The number of nitrogens with one attached hydrogen (secondary N) is 1. The van der Waals surface area contributed by atoms with Gasteiger partial charge in [-0.25, -0.2) is 9.48 Å². The number of halogens is 4. The van der Waals surface area contributed by atoms with E-state index in [-0.39, 0.29) is 5.56 Å². The Balaban J connectivity index is 1.69. The number of anilines is 1. The van der Waals surface area contributed by atoms with Gasteiger partial charge in [0, 0.05) is 34.6 Å². The first-order chi connectivity index (χ1) is 15.7. The van der Waals surface area contributed by atoms with Gasteiger partial charge in [0.05, 0.1) is 22.5 Å². The van der Waals surface area contributed by atoms with Gasteiger partial charge < -0.3 is 10.4 Å². The highest BCUT2D eigenvalue weighted by atomic mass is 35.5. The van der Waals surface area contributed by atoms with Crippen LogP contribution in [0.3, 0.4) is 0 Å². The molecule has 0 fully saturated rings. The standard InChI is InChI=1S/C24H17ClF3N3O2/c25-19-7-9-20(10-8-19)29-13-17-14-31(21-11-3-16(4-12-21)23(32)33)30-22(17)15-1-5-18(6-2-15)24(26,27)28/h1-12,14,29H,13H2,(H,32,33). The summed E-state index contributed by atoms with van der Waals surface area (Å²) in [4.78, 5) is 11.1. The molecule has 0 unspecified atom stereocenters. The molecule has 0 aliphatic rings. The Kier molecular flexibility index (Phi) is 6.11. The number of carboxylic acid groups (broad SMARTS) is 1. The van der Waals surface area contributed by atoms with Crippen molar-refractivity contribution in [2.45, 2.75) is 12.7 Å². The SMILES string of the molecule is O=C(O)c1ccc(-n2cc(CNc3ccc(Cl)cc3)c(-c3ccc(C(F)(F)F)cc3)n2)cc1. The van der Waals surface area contributed by atoms with Crippen LogP contribution in [0, 0.1) is 0 Å². The molecule has 5 nitrogen and oxygen atoms in total. The maximum atomic E-state index is 13.0. The van der Waals surface area contributed by atoms with Crippen molar-refractivity contribution in [3.8, 4) is 16.9 Å². The van der Waals surface area contributed by atoms with Crippen LogP contribution in [0.4, 0.5) is 18.9 Å². The highest BCUT2D eigenvalue weighted by Gasteiger charge is 2.30. The van der Waals surface area contributed by atoms with Gasteiger partial charge in [-0.15, -0.1) is 0 Å². The van der Waals surface area contributed by atoms with E-state index < -0.39 is 17.7 Å². The molecule has 3 aromatic carbocycles. The Bertz CT molecular complexity index is 1270. The molecule has 168 valence electrons. The van der Waals surface area contributed by atoms with E-state index in [0.717, 1.165) is 23.4 Å². The number of nitrogens with zero attached hydrogens (tertiary/aromatic N) is 2. The number of benzene rings is 3. The van der Waals surface area contributed by atoms with Crippen LogP contribution >= 0.6 is 11.6 Å². The molecular formula is C24H17ClF3N3O2. The monoisotopic (exact) mass is 471 g/mol. The first-order valence-corrected chi connectivity index (χ1v) is 10.2. The minimum absolute atomic E-state index is 0.137. The van der Waals surface area contributed by atoms with Crippen molar-refractivity contribution in [2.75, 3.05) is 5.32 Å². The second-order valence-electron chi connectivity index (χ2n) is 7.24. The highest BCUT2D eigenvalue weighted by Crippen LogP contribution is 2.32. The van der Waals surface area contributed by atoms with Crippen molar-refractivity contribution in [1.29, 1.82) is 0 Å². The number of alkyl halides is 3. The Hall–Kier alpha value is -3.78.